The molecule has 1 fully saturated rings. The normalized spacial score (nSPS) is 14.8. The molecule has 0 radical (unpaired) electrons. The van der Waals surface area contributed by atoms with E-state index in [1.54, 1.807) is 0 Å². The Labute approximate surface area is 198 Å². The minimum Gasteiger partial charge on any atom is -0.346 e. The topological polar surface area (TPSA) is 22.6 Å². The van der Waals surface area contributed by atoms with E-state index in [0.717, 1.165) is 26.1 Å². The molecular formula is C24H39BrN4S. The molecule has 1 aliphatic rings. The third-order valence-electron chi connectivity index (χ3n) is 5.81. The van der Waals surface area contributed by atoms with E-state index >= 15 is 0 Å². The number of anilines is 1. The number of benzene rings is 1. The zero-order valence-corrected chi connectivity index (χ0v) is 21.3. The van der Waals surface area contributed by atoms with Gasteiger partial charge in [0.1, 0.15) is 0 Å². The second-order valence-electron chi connectivity index (χ2n) is 8.29. The van der Waals surface area contributed by atoms with Crippen molar-refractivity contribution < 1.29 is 0 Å². The van der Waals surface area contributed by atoms with Crippen LogP contribution in [0.4, 0.5) is 5.13 Å². The number of rotatable bonds is 12. The number of likely N-dealkylation sites (N-methyl/N-ethyl adjacent to an activating group) is 1. The van der Waals surface area contributed by atoms with E-state index in [-0.39, 0.29) is 17.0 Å². The number of hydrogen-bond acceptors (Lipinski definition) is 5. The summed E-state index contributed by atoms with van der Waals surface area (Å²) in [5.41, 5.74) is 1.47. The first-order valence-corrected chi connectivity index (χ1v) is 12.2. The zero-order chi connectivity index (χ0) is 20.3. The highest BCUT2D eigenvalue weighted by Gasteiger charge is 2.18. The van der Waals surface area contributed by atoms with Crippen LogP contribution in [0.5, 0.6) is 0 Å². The zero-order valence-electron chi connectivity index (χ0n) is 18.8. The van der Waals surface area contributed by atoms with Crippen LogP contribution in [0.3, 0.4) is 0 Å². The molecule has 0 amide bonds. The Morgan fingerprint density at radius 3 is 2.47 bits per heavy atom. The maximum atomic E-state index is 4.71. The van der Waals surface area contributed by atoms with Gasteiger partial charge in [0.15, 0.2) is 5.13 Å². The molecular weight excluding hydrogens is 456 g/mol. The van der Waals surface area contributed by atoms with Crippen LogP contribution in [0.1, 0.15) is 43.0 Å². The summed E-state index contributed by atoms with van der Waals surface area (Å²) in [5, 5.41) is 1.22. The highest BCUT2D eigenvalue weighted by atomic mass is 79.9. The molecule has 0 atom stereocenters. The first kappa shape index (κ1) is 25.3. The first-order valence-electron chi connectivity index (χ1n) is 11.4. The third kappa shape index (κ3) is 8.66. The lowest BCUT2D eigenvalue weighted by molar-refractivity contribution is 0.258. The molecule has 1 aromatic carbocycles. The Morgan fingerprint density at radius 2 is 1.73 bits per heavy atom. The fourth-order valence-electron chi connectivity index (χ4n) is 3.98. The highest BCUT2D eigenvalue weighted by molar-refractivity contribution is 8.93. The Kier molecular flexibility index (Phi) is 12.0. The van der Waals surface area contributed by atoms with Gasteiger partial charge in [0.2, 0.25) is 0 Å². The van der Waals surface area contributed by atoms with Crippen molar-refractivity contribution in [2.24, 2.45) is 0 Å². The van der Waals surface area contributed by atoms with Gasteiger partial charge < -0.3 is 9.80 Å². The molecule has 168 valence electrons. The molecule has 0 unspecified atom stereocenters. The summed E-state index contributed by atoms with van der Waals surface area (Å²) in [6, 6.07) is 10.8. The van der Waals surface area contributed by atoms with Crippen molar-refractivity contribution in [1.82, 2.24) is 14.8 Å². The van der Waals surface area contributed by atoms with Crippen LogP contribution in [0.25, 0.3) is 0 Å². The van der Waals surface area contributed by atoms with E-state index in [4.69, 9.17) is 4.98 Å². The molecule has 30 heavy (non-hydrogen) atoms. The monoisotopic (exact) mass is 494 g/mol. The number of unbranched alkanes of at least 4 members (excludes halogenated alkanes) is 2. The number of nitrogens with zero attached hydrogens (tertiary/aromatic N) is 4. The van der Waals surface area contributed by atoms with Crippen LogP contribution in [-0.2, 0) is 12.8 Å². The maximum Gasteiger partial charge on any atom is 0.185 e. The minimum atomic E-state index is 0. The largest absolute Gasteiger partial charge is 0.346 e. The van der Waals surface area contributed by atoms with Gasteiger partial charge in [-0.3, -0.25) is 4.90 Å². The van der Waals surface area contributed by atoms with E-state index in [1.165, 1.54) is 73.9 Å². The van der Waals surface area contributed by atoms with Gasteiger partial charge in [-0.1, -0.05) is 43.7 Å². The van der Waals surface area contributed by atoms with Gasteiger partial charge in [0.25, 0.3) is 0 Å². The summed E-state index contributed by atoms with van der Waals surface area (Å²) in [6.07, 6.45) is 9.58. The van der Waals surface area contributed by atoms with E-state index in [9.17, 15) is 0 Å². The first-order chi connectivity index (χ1) is 14.2. The minimum absolute atomic E-state index is 0. The molecule has 4 nitrogen and oxygen atoms in total. The Morgan fingerprint density at radius 1 is 0.967 bits per heavy atom. The highest BCUT2D eigenvalue weighted by Crippen LogP contribution is 2.24. The molecule has 0 saturated carbocycles. The number of halogens is 1. The number of thiazole rings is 1. The molecule has 0 aliphatic carbocycles. The number of piperazine rings is 1. The van der Waals surface area contributed by atoms with E-state index in [2.05, 4.69) is 65.2 Å². The van der Waals surface area contributed by atoms with E-state index in [0.29, 0.717) is 0 Å². The van der Waals surface area contributed by atoms with Crippen molar-refractivity contribution in [3.05, 3.63) is 47.0 Å². The van der Waals surface area contributed by atoms with Crippen LogP contribution in [0.15, 0.2) is 36.5 Å². The summed E-state index contributed by atoms with van der Waals surface area (Å²) < 4.78 is 0. The predicted molar refractivity (Wildman–Crippen MR) is 137 cm³/mol. The van der Waals surface area contributed by atoms with Crippen LogP contribution in [0, 0.1) is 0 Å². The van der Waals surface area contributed by atoms with E-state index < -0.39 is 0 Å². The van der Waals surface area contributed by atoms with Gasteiger partial charge in [-0.15, -0.1) is 28.3 Å². The van der Waals surface area contributed by atoms with Crippen molar-refractivity contribution >= 4 is 33.4 Å². The molecule has 0 bridgehead atoms. The van der Waals surface area contributed by atoms with Crippen LogP contribution < -0.4 is 4.90 Å². The number of aryl methyl sites for hydroxylation is 1. The quantitative estimate of drug-likeness (QED) is 0.381. The Bertz CT molecular complexity index is 686. The van der Waals surface area contributed by atoms with Crippen molar-refractivity contribution in [2.45, 2.75) is 45.4 Å². The average molecular weight is 496 g/mol. The summed E-state index contributed by atoms with van der Waals surface area (Å²) in [5.74, 6) is 0. The fraction of sp³-hybridized carbons (Fsp3) is 0.625. The summed E-state index contributed by atoms with van der Waals surface area (Å²) in [7, 11) is 2.26. The van der Waals surface area contributed by atoms with Gasteiger partial charge in [-0.05, 0) is 57.8 Å². The lowest BCUT2D eigenvalue weighted by Gasteiger charge is -2.34. The van der Waals surface area contributed by atoms with Crippen molar-refractivity contribution in [3.63, 3.8) is 0 Å². The molecule has 0 spiro atoms. The molecule has 2 heterocycles. The van der Waals surface area contributed by atoms with Gasteiger partial charge in [0.05, 0.1) is 0 Å². The lowest BCUT2D eigenvalue weighted by Crippen LogP contribution is -2.46. The van der Waals surface area contributed by atoms with E-state index in [1.807, 2.05) is 11.3 Å². The maximum absolute atomic E-state index is 4.71. The molecule has 6 heteroatoms. The molecule has 1 aliphatic heterocycles. The third-order valence-corrected chi connectivity index (χ3v) is 6.93. The summed E-state index contributed by atoms with van der Waals surface area (Å²) in [4.78, 5) is 13.7. The fourth-order valence-corrected chi connectivity index (χ4v) is 4.93. The summed E-state index contributed by atoms with van der Waals surface area (Å²) in [6.45, 7) is 10.4. The molecule has 1 aromatic heterocycles. The SMILES string of the molecule is Br.CCCN1CCN(c2ncc(CCN(C)CCCCCc3ccccc3)s2)CC1. The standard InChI is InChI=1S/C24H38N4S.BrH/c1-3-14-27-17-19-28(20-18-27)24-25-21-23(29-24)13-16-26(2)15-9-5-8-12-22-10-6-4-7-11-22;/h4,6-7,10-11,21H,3,5,8-9,12-20H2,1-2H3;1H. The van der Waals surface area contributed by atoms with Gasteiger partial charge in [0, 0.05) is 43.8 Å². The Balaban J connectivity index is 0.00000320. The van der Waals surface area contributed by atoms with Gasteiger partial charge in [-0.2, -0.15) is 0 Å². The van der Waals surface area contributed by atoms with Crippen LogP contribution in [0.2, 0.25) is 0 Å². The smallest absolute Gasteiger partial charge is 0.185 e. The van der Waals surface area contributed by atoms with Crippen LogP contribution in [-0.4, -0.2) is 67.6 Å². The van der Waals surface area contributed by atoms with Gasteiger partial charge in [-0.25, -0.2) is 4.98 Å². The molecule has 1 saturated heterocycles. The van der Waals surface area contributed by atoms with Crippen molar-refractivity contribution in [1.29, 1.82) is 0 Å². The van der Waals surface area contributed by atoms with Crippen LogP contribution >= 0.6 is 28.3 Å². The van der Waals surface area contributed by atoms with Crippen molar-refractivity contribution in [2.75, 3.05) is 57.8 Å². The molecule has 2 aromatic rings. The number of hydrogen-bond donors (Lipinski definition) is 0. The second-order valence-corrected chi connectivity index (χ2v) is 9.38. The van der Waals surface area contributed by atoms with Gasteiger partial charge >= 0.3 is 0 Å². The second kappa shape index (κ2) is 14.2. The molecule has 0 N–H and O–H groups in total. The number of aromatic nitrogens is 1. The molecule has 3 rings (SSSR count). The predicted octanol–water partition coefficient (Wildman–Crippen LogP) is 5.14. The van der Waals surface area contributed by atoms with Crippen molar-refractivity contribution in [3.8, 4) is 0 Å². The summed E-state index contributed by atoms with van der Waals surface area (Å²) >= 11 is 1.90. The average Bonchev–Trinajstić information content (AvgIpc) is 3.23. The Hall–Kier alpha value is -0.950. The lowest BCUT2D eigenvalue weighted by atomic mass is 10.1.